The molecule has 0 aromatic rings. The summed E-state index contributed by atoms with van der Waals surface area (Å²) in [7, 11) is 0. The van der Waals surface area contributed by atoms with Crippen molar-refractivity contribution in [2.24, 2.45) is 11.8 Å². The van der Waals surface area contributed by atoms with E-state index in [1.165, 1.54) is 0 Å². The van der Waals surface area contributed by atoms with Crippen molar-refractivity contribution in [3.63, 3.8) is 0 Å². The number of hydrogen-bond donors (Lipinski definition) is 0. The molecule has 132 valence electrons. The first kappa shape index (κ1) is 20.8. The zero-order chi connectivity index (χ0) is 17.9. The fraction of sp³-hybridized carbons (Fsp3) is 0.900. The van der Waals surface area contributed by atoms with Gasteiger partial charge in [-0.3, -0.25) is 4.79 Å². The van der Waals surface area contributed by atoms with Crippen LogP contribution in [-0.4, -0.2) is 30.9 Å². The lowest BCUT2D eigenvalue weighted by molar-refractivity contribution is -0.298. The van der Waals surface area contributed by atoms with Crippen molar-refractivity contribution >= 4 is 5.97 Å². The first-order chi connectivity index (χ1) is 9.55. The van der Waals surface area contributed by atoms with Crippen LogP contribution in [0.3, 0.4) is 0 Å². The highest BCUT2D eigenvalue weighted by molar-refractivity contribution is 5.66. The Kier molecular flexibility index (Phi) is 6.52. The lowest BCUT2D eigenvalue weighted by Gasteiger charge is -2.28. The summed E-state index contributed by atoms with van der Waals surface area (Å²) in [6.07, 6.45) is -24.8. The maximum Gasteiger partial charge on any atom is 0.400 e. The minimum Gasteiger partial charge on any atom is -0.431 e. The van der Waals surface area contributed by atoms with Crippen LogP contribution in [0.2, 0.25) is 0 Å². The molecule has 0 aliphatic carbocycles. The van der Waals surface area contributed by atoms with Gasteiger partial charge < -0.3 is 4.74 Å². The van der Waals surface area contributed by atoms with Crippen molar-refractivity contribution < 1.29 is 53.4 Å². The molecule has 0 N–H and O–H groups in total. The monoisotopic (exact) mass is 352 g/mol. The van der Waals surface area contributed by atoms with Gasteiger partial charge in [0.15, 0.2) is 5.92 Å². The van der Waals surface area contributed by atoms with Gasteiger partial charge in [-0.2, -0.15) is 39.5 Å². The summed E-state index contributed by atoms with van der Waals surface area (Å²) < 4.78 is 128. The highest BCUT2D eigenvalue weighted by atomic mass is 19.4. The number of ether oxygens (including phenoxy) is 1. The summed E-state index contributed by atoms with van der Waals surface area (Å²) in [5.74, 6) is -8.91. The van der Waals surface area contributed by atoms with Gasteiger partial charge in [0.2, 0.25) is 6.36 Å². The average Bonchev–Trinajstić information content (AvgIpc) is 2.17. The quantitative estimate of drug-likeness (QED) is 0.536. The van der Waals surface area contributed by atoms with Crippen LogP contribution in [0.15, 0.2) is 0 Å². The van der Waals surface area contributed by atoms with Crippen LogP contribution in [0.1, 0.15) is 19.8 Å². The van der Waals surface area contributed by atoms with Crippen molar-refractivity contribution in [3.8, 4) is 0 Å². The van der Waals surface area contributed by atoms with E-state index in [0.29, 0.717) is 6.92 Å². The molecule has 0 rings (SSSR count). The molecule has 0 fully saturated rings. The van der Waals surface area contributed by atoms with Crippen LogP contribution in [-0.2, 0) is 9.53 Å². The third-order valence-corrected chi connectivity index (χ3v) is 2.54. The van der Waals surface area contributed by atoms with E-state index in [1.807, 2.05) is 0 Å². The Morgan fingerprint density at radius 2 is 1.27 bits per heavy atom. The van der Waals surface area contributed by atoms with Gasteiger partial charge >= 0.3 is 24.5 Å². The molecule has 2 unspecified atom stereocenters. The van der Waals surface area contributed by atoms with E-state index >= 15 is 0 Å². The van der Waals surface area contributed by atoms with Crippen molar-refractivity contribution in [1.29, 1.82) is 0 Å². The molecule has 0 radical (unpaired) electrons. The maximum atomic E-state index is 13.0. The summed E-state index contributed by atoms with van der Waals surface area (Å²) in [4.78, 5) is 10.3. The highest BCUT2D eigenvalue weighted by Crippen LogP contribution is 2.46. The third-order valence-electron chi connectivity index (χ3n) is 2.54. The first-order valence-corrected chi connectivity index (χ1v) is 5.56. The SMILES string of the molecule is CC(=O)OC(F)CC(CC(C(F)(F)F)C(F)(F)F)C(F)(F)F. The number of carbonyl (C=O) groups is 1. The summed E-state index contributed by atoms with van der Waals surface area (Å²) >= 11 is 0. The molecule has 2 nitrogen and oxygen atoms in total. The Hall–Kier alpha value is -1.23. The van der Waals surface area contributed by atoms with Gasteiger partial charge in [0.1, 0.15) is 0 Å². The molecule has 0 spiro atoms. The number of carbonyl (C=O) groups excluding carboxylic acids is 1. The smallest absolute Gasteiger partial charge is 0.400 e. The van der Waals surface area contributed by atoms with E-state index in [2.05, 4.69) is 4.74 Å². The van der Waals surface area contributed by atoms with Crippen molar-refractivity contribution in [1.82, 2.24) is 0 Å². The minimum absolute atomic E-state index is 0.614. The van der Waals surface area contributed by atoms with Crippen LogP contribution in [0.5, 0.6) is 0 Å². The van der Waals surface area contributed by atoms with E-state index in [1.54, 1.807) is 0 Å². The zero-order valence-corrected chi connectivity index (χ0v) is 10.7. The summed E-state index contributed by atoms with van der Waals surface area (Å²) in [6, 6.07) is 0. The Morgan fingerprint density at radius 1 is 0.864 bits per heavy atom. The van der Waals surface area contributed by atoms with Gasteiger partial charge in [0, 0.05) is 13.3 Å². The van der Waals surface area contributed by atoms with Gasteiger partial charge in [0.25, 0.3) is 0 Å². The van der Waals surface area contributed by atoms with Crippen LogP contribution >= 0.6 is 0 Å². The van der Waals surface area contributed by atoms with Crippen molar-refractivity contribution in [2.45, 2.75) is 44.7 Å². The summed E-state index contributed by atoms with van der Waals surface area (Å²) in [6.45, 7) is 0.614. The van der Waals surface area contributed by atoms with Gasteiger partial charge in [-0.05, 0) is 6.42 Å². The predicted octanol–water partition coefficient (Wildman–Crippen LogP) is 4.54. The lowest BCUT2D eigenvalue weighted by Crippen LogP contribution is -2.41. The molecule has 0 amide bonds. The molecule has 0 bridgehead atoms. The molecule has 22 heavy (non-hydrogen) atoms. The zero-order valence-electron chi connectivity index (χ0n) is 10.7. The Balaban J connectivity index is 5.24. The van der Waals surface area contributed by atoms with Gasteiger partial charge in [-0.15, -0.1) is 0 Å². The summed E-state index contributed by atoms with van der Waals surface area (Å²) in [5, 5.41) is 0. The van der Waals surface area contributed by atoms with E-state index in [4.69, 9.17) is 0 Å². The second kappa shape index (κ2) is 6.90. The molecular weight excluding hydrogens is 342 g/mol. The van der Waals surface area contributed by atoms with E-state index < -0.39 is 55.5 Å². The maximum absolute atomic E-state index is 13.0. The number of halogens is 10. The Bertz CT molecular complexity index is 355. The molecule has 0 aliphatic rings. The molecule has 12 heteroatoms. The van der Waals surface area contributed by atoms with E-state index in [0.717, 1.165) is 0 Å². The fourth-order valence-corrected chi connectivity index (χ4v) is 1.55. The van der Waals surface area contributed by atoms with E-state index in [9.17, 15) is 48.7 Å². The molecule has 2 atom stereocenters. The molecule has 0 saturated heterocycles. The normalized spacial score (nSPS) is 16.5. The highest BCUT2D eigenvalue weighted by Gasteiger charge is 2.59. The van der Waals surface area contributed by atoms with Crippen molar-refractivity contribution in [3.05, 3.63) is 0 Å². The van der Waals surface area contributed by atoms with Gasteiger partial charge in [-0.1, -0.05) is 0 Å². The third kappa shape index (κ3) is 7.16. The number of hydrogen-bond acceptors (Lipinski definition) is 2. The Morgan fingerprint density at radius 3 is 1.55 bits per heavy atom. The lowest BCUT2D eigenvalue weighted by atomic mass is 9.90. The molecule has 0 saturated carbocycles. The number of rotatable bonds is 5. The predicted molar refractivity (Wildman–Crippen MR) is 51.0 cm³/mol. The van der Waals surface area contributed by atoms with Gasteiger partial charge in [0.05, 0.1) is 5.92 Å². The molecule has 0 heterocycles. The van der Waals surface area contributed by atoms with E-state index in [-0.39, 0.29) is 0 Å². The Labute approximate surface area is 117 Å². The van der Waals surface area contributed by atoms with Crippen LogP contribution in [0.25, 0.3) is 0 Å². The first-order valence-electron chi connectivity index (χ1n) is 5.56. The molecule has 0 aliphatic heterocycles. The molecule has 0 aromatic carbocycles. The second-order valence-corrected chi connectivity index (χ2v) is 4.37. The standard InChI is InChI=1S/C10H10F10O2/c1-4(21)22-7(11)3-5(8(12,13)14)2-6(9(15,16)17)10(18,19)20/h5-7H,2-3H2,1H3. The molecule has 0 aromatic heterocycles. The van der Waals surface area contributed by atoms with Crippen LogP contribution in [0, 0.1) is 11.8 Å². The molecular formula is C10H10F10O2. The minimum atomic E-state index is -5.98. The number of esters is 1. The summed E-state index contributed by atoms with van der Waals surface area (Å²) in [5.41, 5.74) is 0. The van der Waals surface area contributed by atoms with Crippen molar-refractivity contribution in [2.75, 3.05) is 0 Å². The van der Waals surface area contributed by atoms with Crippen LogP contribution < -0.4 is 0 Å². The topological polar surface area (TPSA) is 26.3 Å². The largest absolute Gasteiger partial charge is 0.431 e. The number of alkyl halides is 10. The fourth-order valence-electron chi connectivity index (χ4n) is 1.55. The average molecular weight is 352 g/mol. The van der Waals surface area contributed by atoms with Gasteiger partial charge in [-0.25, -0.2) is 4.39 Å². The van der Waals surface area contributed by atoms with Crippen LogP contribution in [0.4, 0.5) is 43.9 Å². The second-order valence-electron chi connectivity index (χ2n) is 4.37.